The minimum absolute atomic E-state index is 0.181. The Kier molecular flexibility index (Phi) is 3.44. The van der Waals surface area contributed by atoms with Gasteiger partial charge in [0.15, 0.2) is 11.6 Å². The highest BCUT2D eigenvalue weighted by Gasteiger charge is 2.27. The highest BCUT2D eigenvalue weighted by Crippen LogP contribution is 2.18. The van der Waals surface area contributed by atoms with Gasteiger partial charge in [-0.3, -0.25) is 4.79 Å². The SMILES string of the molecule is CC(N)(COc1ccc(F)cc1F)C(N)=O. The molecule has 0 spiro atoms. The zero-order valence-electron chi connectivity index (χ0n) is 8.67. The van der Waals surface area contributed by atoms with Gasteiger partial charge in [-0.05, 0) is 19.1 Å². The first-order valence-corrected chi connectivity index (χ1v) is 4.49. The first kappa shape index (κ1) is 12.4. The van der Waals surface area contributed by atoms with Crippen molar-refractivity contribution in [3.63, 3.8) is 0 Å². The van der Waals surface area contributed by atoms with E-state index in [1.165, 1.54) is 6.92 Å². The first-order valence-electron chi connectivity index (χ1n) is 4.49. The molecule has 1 aromatic carbocycles. The van der Waals surface area contributed by atoms with Crippen molar-refractivity contribution >= 4 is 5.91 Å². The fraction of sp³-hybridized carbons (Fsp3) is 0.300. The van der Waals surface area contributed by atoms with Crippen LogP contribution in [-0.4, -0.2) is 18.1 Å². The van der Waals surface area contributed by atoms with Crippen LogP contribution in [0.3, 0.4) is 0 Å². The number of halogens is 2. The van der Waals surface area contributed by atoms with Gasteiger partial charge in [0.2, 0.25) is 5.91 Å². The van der Waals surface area contributed by atoms with E-state index in [-0.39, 0.29) is 12.4 Å². The van der Waals surface area contributed by atoms with Crippen molar-refractivity contribution in [3.05, 3.63) is 29.8 Å². The fourth-order valence-electron chi connectivity index (χ4n) is 0.891. The summed E-state index contributed by atoms with van der Waals surface area (Å²) in [5.41, 5.74) is 9.09. The van der Waals surface area contributed by atoms with Crippen molar-refractivity contribution in [1.82, 2.24) is 0 Å². The fourth-order valence-corrected chi connectivity index (χ4v) is 0.891. The van der Waals surface area contributed by atoms with Crippen LogP contribution in [0.1, 0.15) is 6.92 Å². The van der Waals surface area contributed by atoms with E-state index in [9.17, 15) is 13.6 Å². The van der Waals surface area contributed by atoms with Crippen LogP contribution in [0.25, 0.3) is 0 Å². The molecular weight excluding hydrogens is 218 g/mol. The lowest BCUT2D eigenvalue weighted by Crippen LogP contribution is -2.53. The zero-order valence-corrected chi connectivity index (χ0v) is 8.67. The van der Waals surface area contributed by atoms with Crippen molar-refractivity contribution < 1.29 is 18.3 Å². The maximum atomic E-state index is 13.1. The van der Waals surface area contributed by atoms with Gasteiger partial charge in [-0.25, -0.2) is 8.78 Å². The molecular formula is C10H12F2N2O2. The first-order chi connectivity index (χ1) is 7.33. The number of ether oxygens (including phenoxy) is 1. The average Bonchev–Trinajstić information content (AvgIpc) is 2.16. The summed E-state index contributed by atoms with van der Waals surface area (Å²) < 4.78 is 30.6. The van der Waals surface area contributed by atoms with Crippen LogP contribution in [0, 0.1) is 11.6 Å². The molecule has 0 aliphatic carbocycles. The van der Waals surface area contributed by atoms with Crippen LogP contribution in [0.15, 0.2) is 18.2 Å². The second kappa shape index (κ2) is 4.44. The normalized spacial score (nSPS) is 14.2. The van der Waals surface area contributed by atoms with E-state index in [1.54, 1.807) is 0 Å². The molecule has 1 aromatic rings. The Labute approximate surface area is 91.2 Å². The average molecular weight is 230 g/mol. The molecule has 1 unspecified atom stereocenters. The van der Waals surface area contributed by atoms with E-state index in [2.05, 4.69) is 0 Å². The van der Waals surface area contributed by atoms with Gasteiger partial charge in [-0.15, -0.1) is 0 Å². The van der Waals surface area contributed by atoms with Crippen molar-refractivity contribution in [2.45, 2.75) is 12.5 Å². The third-order valence-electron chi connectivity index (χ3n) is 1.98. The van der Waals surface area contributed by atoms with Crippen LogP contribution >= 0.6 is 0 Å². The number of primary amides is 1. The monoisotopic (exact) mass is 230 g/mol. The number of benzene rings is 1. The highest BCUT2D eigenvalue weighted by molar-refractivity contribution is 5.84. The summed E-state index contributed by atoms with van der Waals surface area (Å²) in [6.07, 6.45) is 0. The van der Waals surface area contributed by atoms with Gasteiger partial charge in [-0.1, -0.05) is 0 Å². The van der Waals surface area contributed by atoms with Crippen molar-refractivity contribution in [1.29, 1.82) is 0 Å². The summed E-state index contributed by atoms with van der Waals surface area (Å²) in [6.45, 7) is 1.07. The Morgan fingerprint density at radius 3 is 2.62 bits per heavy atom. The minimum atomic E-state index is -1.40. The summed E-state index contributed by atoms with van der Waals surface area (Å²) in [5, 5.41) is 0. The van der Waals surface area contributed by atoms with Gasteiger partial charge in [0, 0.05) is 6.07 Å². The van der Waals surface area contributed by atoms with E-state index < -0.39 is 23.1 Å². The molecule has 0 heterocycles. The molecule has 0 radical (unpaired) electrons. The van der Waals surface area contributed by atoms with E-state index >= 15 is 0 Å². The maximum absolute atomic E-state index is 13.1. The highest BCUT2D eigenvalue weighted by atomic mass is 19.1. The topological polar surface area (TPSA) is 78.3 Å². The van der Waals surface area contributed by atoms with Gasteiger partial charge in [0.25, 0.3) is 0 Å². The quantitative estimate of drug-likeness (QED) is 0.792. The van der Waals surface area contributed by atoms with Crippen LogP contribution in [0.5, 0.6) is 5.75 Å². The van der Waals surface area contributed by atoms with Crippen molar-refractivity contribution in [2.24, 2.45) is 11.5 Å². The molecule has 0 aromatic heterocycles. The lowest BCUT2D eigenvalue weighted by molar-refractivity contribution is -0.123. The molecule has 0 saturated heterocycles. The molecule has 0 saturated carbocycles. The molecule has 4 nitrogen and oxygen atoms in total. The Morgan fingerprint density at radius 1 is 1.50 bits per heavy atom. The number of hydrogen-bond acceptors (Lipinski definition) is 3. The van der Waals surface area contributed by atoms with E-state index in [4.69, 9.17) is 16.2 Å². The maximum Gasteiger partial charge on any atom is 0.240 e. The summed E-state index contributed by atoms with van der Waals surface area (Å²) in [7, 11) is 0. The largest absolute Gasteiger partial charge is 0.488 e. The van der Waals surface area contributed by atoms with Gasteiger partial charge in [0.1, 0.15) is 18.0 Å². The Balaban J connectivity index is 2.72. The third kappa shape index (κ3) is 2.90. The smallest absolute Gasteiger partial charge is 0.240 e. The van der Waals surface area contributed by atoms with Crippen molar-refractivity contribution in [2.75, 3.05) is 6.61 Å². The number of hydrogen-bond donors (Lipinski definition) is 2. The van der Waals surface area contributed by atoms with Crippen LogP contribution in [-0.2, 0) is 4.79 Å². The number of rotatable bonds is 4. The summed E-state index contributed by atoms with van der Waals surface area (Å²) in [4.78, 5) is 10.8. The van der Waals surface area contributed by atoms with E-state index in [0.717, 1.165) is 12.1 Å². The number of nitrogens with two attached hydrogens (primary N) is 2. The molecule has 0 fully saturated rings. The van der Waals surface area contributed by atoms with E-state index in [0.29, 0.717) is 6.07 Å². The predicted molar refractivity (Wildman–Crippen MR) is 53.6 cm³/mol. The molecule has 88 valence electrons. The van der Waals surface area contributed by atoms with Gasteiger partial charge in [-0.2, -0.15) is 0 Å². The van der Waals surface area contributed by atoms with Gasteiger partial charge < -0.3 is 16.2 Å². The van der Waals surface area contributed by atoms with Crippen molar-refractivity contribution in [3.8, 4) is 5.75 Å². The predicted octanol–water partition coefficient (Wildman–Crippen LogP) is 0.546. The molecule has 0 aliphatic heterocycles. The standard InChI is InChI=1S/C10H12F2N2O2/c1-10(14,9(13)15)5-16-8-3-2-6(11)4-7(8)12/h2-4H,5,14H2,1H3,(H2,13,15). The van der Waals surface area contributed by atoms with Gasteiger partial charge in [0.05, 0.1) is 0 Å². The second-order valence-corrected chi connectivity index (χ2v) is 3.65. The molecule has 4 N–H and O–H groups in total. The Hall–Kier alpha value is -1.69. The zero-order chi connectivity index (χ0) is 12.3. The summed E-state index contributed by atoms with van der Waals surface area (Å²) in [5.74, 6) is -2.52. The molecule has 0 bridgehead atoms. The number of carbonyl (C=O) groups excluding carboxylic acids is 1. The molecule has 0 aliphatic rings. The second-order valence-electron chi connectivity index (χ2n) is 3.65. The summed E-state index contributed by atoms with van der Waals surface area (Å²) >= 11 is 0. The minimum Gasteiger partial charge on any atom is -0.488 e. The molecule has 1 atom stereocenters. The lowest BCUT2D eigenvalue weighted by atomic mass is 10.1. The molecule has 6 heteroatoms. The van der Waals surface area contributed by atoms with Crippen LogP contribution in [0.2, 0.25) is 0 Å². The third-order valence-corrected chi connectivity index (χ3v) is 1.98. The van der Waals surface area contributed by atoms with Gasteiger partial charge >= 0.3 is 0 Å². The number of amides is 1. The summed E-state index contributed by atoms with van der Waals surface area (Å²) in [6, 6.07) is 2.83. The molecule has 1 amide bonds. The molecule has 16 heavy (non-hydrogen) atoms. The number of carbonyl (C=O) groups is 1. The Bertz CT molecular complexity index is 408. The van der Waals surface area contributed by atoms with Crippen LogP contribution < -0.4 is 16.2 Å². The Morgan fingerprint density at radius 2 is 2.12 bits per heavy atom. The lowest BCUT2D eigenvalue weighted by Gasteiger charge is -2.20. The van der Waals surface area contributed by atoms with E-state index in [1.807, 2.05) is 0 Å². The van der Waals surface area contributed by atoms with Crippen LogP contribution in [0.4, 0.5) is 8.78 Å². The molecule has 1 rings (SSSR count).